The molecule has 4 nitrogen and oxygen atoms in total. The minimum atomic E-state index is -1.04. The lowest BCUT2D eigenvalue weighted by molar-refractivity contribution is -0.159. The van der Waals surface area contributed by atoms with Crippen molar-refractivity contribution in [1.82, 2.24) is 0 Å². The van der Waals surface area contributed by atoms with Crippen LogP contribution in [-0.2, 0) is 9.53 Å². The van der Waals surface area contributed by atoms with E-state index in [2.05, 4.69) is 0 Å². The second kappa shape index (κ2) is 5.19. The number of hydrogen-bond acceptors (Lipinski definition) is 4. The minimum Gasteiger partial charge on any atom is -0.460 e. The zero-order chi connectivity index (χ0) is 9.68. The largest absolute Gasteiger partial charge is 0.460 e. The number of carbonyl (C=O) groups is 1. The predicted octanol–water partition coefficient (Wildman–Crippen LogP) is 0.182. The first-order valence-electron chi connectivity index (χ1n) is 4.82. The average molecular weight is 187 g/mol. The van der Waals surface area contributed by atoms with Gasteiger partial charge in [0.25, 0.3) is 0 Å². The fraction of sp³-hybridized carbons (Fsp3) is 0.889. The Bertz CT molecular complexity index is 166. The van der Waals surface area contributed by atoms with E-state index in [4.69, 9.17) is 10.5 Å². The number of aliphatic hydroxyl groups excluding tert-OH is 1. The van der Waals surface area contributed by atoms with Crippen molar-refractivity contribution >= 4 is 5.97 Å². The van der Waals surface area contributed by atoms with Crippen molar-refractivity contribution in [2.45, 2.75) is 44.3 Å². The van der Waals surface area contributed by atoms with Crippen molar-refractivity contribution in [3.63, 3.8) is 0 Å². The lowest BCUT2D eigenvalue weighted by atomic mass is 10.2. The maximum atomic E-state index is 11.2. The highest BCUT2D eigenvalue weighted by Crippen LogP contribution is 2.21. The quantitative estimate of drug-likeness (QED) is 0.616. The molecule has 76 valence electrons. The topological polar surface area (TPSA) is 72.5 Å². The molecule has 0 radical (unpaired) electrons. The number of carbonyl (C=O) groups excluding carboxylic acids is 1. The Morgan fingerprint density at radius 3 is 2.69 bits per heavy atom. The van der Waals surface area contributed by atoms with E-state index in [1.807, 2.05) is 0 Å². The van der Waals surface area contributed by atoms with Crippen molar-refractivity contribution in [3.05, 3.63) is 0 Å². The Hall–Kier alpha value is -0.610. The van der Waals surface area contributed by atoms with E-state index in [9.17, 15) is 9.90 Å². The van der Waals surface area contributed by atoms with Gasteiger partial charge in [-0.25, -0.2) is 4.79 Å². The second-order valence-corrected chi connectivity index (χ2v) is 3.44. The normalized spacial score (nSPS) is 20.2. The molecule has 0 aromatic heterocycles. The summed E-state index contributed by atoms with van der Waals surface area (Å²) in [5.74, 6) is -0.516. The van der Waals surface area contributed by atoms with Crippen molar-refractivity contribution in [3.8, 4) is 0 Å². The lowest BCUT2D eigenvalue weighted by Crippen LogP contribution is -2.28. The van der Waals surface area contributed by atoms with Gasteiger partial charge in [-0.3, -0.25) is 0 Å². The highest BCUT2D eigenvalue weighted by molar-refractivity contribution is 5.74. The van der Waals surface area contributed by atoms with Gasteiger partial charge in [0.05, 0.1) is 0 Å². The van der Waals surface area contributed by atoms with Crippen LogP contribution in [0, 0.1) is 0 Å². The second-order valence-electron chi connectivity index (χ2n) is 3.44. The minimum absolute atomic E-state index is 0.0277. The number of hydrogen-bond donors (Lipinski definition) is 2. The first-order chi connectivity index (χ1) is 6.24. The van der Waals surface area contributed by atoms with E-state index < -0.39 is 12.1 Å². The molecule has 1 saturated carbocycles. The van der Waals surface area contributed by atoms with Gasteiger partial charge in [0.15, 0.2) is 6.10 Å². The Morgan fingerprint density at radius 2 is 2.15 bits per heavy atom. The summed E-state index contributed by atoms with van der Waals surface area (Å²) in [6, 6.07) is 0. The molecule has 0 aliphatic heterocycles. The van der Waals surface area contributed by atoms with Crippen LogP contribution < -0.4 is 5.73 Å². The van der Waals surface area contributed by atoms with Gasteiger partial charge >= 0.3 is 5.97 Å². The Kier molecular flexibility index (Phi) is 4.18. The number of ether oxygens (including phenoxy) is 1. The van der Waals surface area contributed by atoms with E-state index >= 15 is 0 Å². The maximum absolute atomic E-state index is 11.2. The van der Waals surface area contributed by atoms with Gasteiger partial charge in [-0.2, -0.15) is 0 Å². The van der Waals surface area contributed by atoms with E-state index in [0.29, 0.717) is 6.54 Å². The van der Waals surface area contributed by atoms with Crippen molar-refractivity contribution in [2.24, 2.45) is 5.73 Å². The van der Waals surface area contributed by atoms with Crippen molar-refractivity contribution in [1.29, 1.82) is 0 Å². The molecule has 13 heavy (non-hydrogen) atoms. The van der Waals surface area contributed by atoms with Gasteiger partial charge in [-0.15, -0.1) is 0 Å². The molecule has 0 saturated heterocycles. The first-order valence-corrected chi connectivity index (χ1v) is 4.82. The van der Waals surface area contributed by atoms with E-state index in [0.717, 1.165) is 25.7 Å². The van der Waals surface area contributed by atoms with E-state index in [1.165, 1.54) is 0 Å². The predicted molar refractivity (Wildman–Crippen MR) is 48.0 cm³/mol. The molecule has 1 atom stereocenters. The molecule has 0 heterocycles. The molecule has 3 N–H and O–H groups in total. The van der Waals surface area contributed by atoms with E-state index in [-0.39, 0.29) is 12.5 Å². The smallest absolute Gasteiger partial charge is 0.335 e. The molecule has 0 aromatic carbocycles. The van der Waals surface area contributed by atoms with Crippen LogP contribution in [0.2, 0.25) is 0 Å². The molecular formula is C9H17NO3. The molecular weight excluding hydrogens is 170 g/mol. The molecule has 1 aliphatic rings. The molecule has 1 fully saturated rings. The SMILES string of the molecule is NCCC(O)C(=O)OC1CCCC1. The van der Waals surface area contributed by atoms with Crippen molar-refractivity contribution < 1.29 is 14.6 Å². The monoisotopic (exact) mass is 187 g/mol. The molecule has 0 amide bonds. The molecule has 0 bridgehead atoms. The third-order valence-corrected chi connectivity index (χ3v) is 2.30. The maximum Gasteiger partial charge on any atom is 0.335 e. The van der Waals surface area contributed by atoms with E-state index in [1.54, 1.807) is 0 Å². The van der Waals surface area contributed by atoms with Gasteiger partial charge in [0.2, 0.25) is 0 Å². The van der Waals surface area contributed by atoms with Crippen LogP contribution >= 0.6 is 0 Å². The fourth-order valence-electron chi connectivity index (χ4n) is 1.52. The molecule has 1 rings (SSSR count). The number of rotatable bonds is 4. The van der Waals surface area contributed by atoms with Gasteiger partial charge in [-0.05, 0) is 38.6 Å². The summed E-state index contributed by atoms with van der Waals surface area (Å²) in [5.41, 5.74) is 5.21. The van der Waals surface area contributed by atoms with Crippen LogP contribution in [0.3, 0.4) is 0 Å². The van der Waals surface area contributed by atoms with Crippen LogP contribution in [0.5, 0.6) is 0 Å². The van der Waals surface area contributed by atoms with Gasteiger partial charge in [-0.1, -0.05) is 0 Å². The molecule has 4 heteroatoms. The van der Waals surface area contributed by atoms with Crippen LogP contribution in [-0.4, -0.2) is 29.8 Å². The summed E-state index contributed by atoms with van der Waals surface area (Å²) in [4.78, 5) is 11.2. The summed E-state index contributed by atoms with van der Waals surface area (Å²) in [7, 11) is 0. The summed E-state index contributed by atoms with van der Waals surface area (Å²) in [6.45, 7) is 0.306. The summed E-state index contributed by atoms with van der Waals surface area (Å²) in [6.07, 6.45) is 3.37. The Labute approximate surface area is 78.1 Å². The van der Waals surface area contributed by atoms with Gasteiger partial charge in [0.1, 0.15) is 6.10 Å². The van der Waals surface area contributed by atoms with Crippen molar-refractivity contribution in [2.75, 3.05) is 6.54 Å². The Balaban J connectivity index is 2.22. The molecule has 1 unspecified atom stereocenters. The summed E-state index contributed by atoms with van der Waals surface area (Å²) < 4.78 is 5.08. The zero-order valence-corrected chi connectivity index (χ0v) is 7.74. The third kappa shape index (κ3) is 3.32. The van der Waals surface area contributed by atoms with Crippen LogP contribution in [0.15, 0.2) is 0 Å². The number of nitrogens with two attached hydrogens (primary N) is 1. The standard InChI is InChI=1S/C9H17NO3/c10-6-5-8(11)9(12)13-7-3-1-2-4-7/h7-8,11H,1-6,10H2. The highest BCUT2D eigenvalue weighted by Gasteiger charge is 2.23. The Morgan fingerprint density at radius 1 is 1.54 bits per heavy atom. The van der Waals surface area contributed by atoms with Crippen LogP contribution in [0.4, 0.5) is 0 Å². The van der Waals surface area contributed by atoms with Gasteiger partial charge < -0.3 is 15.6 Å². The summed E-state index contributed by atoms with van der Waals surface area (Å²) in [5, 5.41) is 9.22. The molecule has 1 aliphatic carbocycles. The molecule has 0 aromatic rings. The number of aliphatic hydroxyl groups is 1. The fourth-order valence-corrected chi connectivity index (χ4v) is 1.52. The zero-order valence-electron chi connectivity index (χ0n) is 7.74. The first kappa shape index (κ1) is 10.5. The third-order valence-electron chi connectivity index (χ3n) is 2.30. The molecule has 0 spiro atoms. The van der Waals surface area contributed by atoms with Crippen LogP contribution in [0.1, 0.15) is 32.1 Å². The average Bonchev–Trinajstić information content (AvgIpc) is 2.57. The summed E-state index contributed by atoms with van der Waals surface area (Å²) >= 11 is 0. The lowest BCUT2D eigenvalue weighted by Gasteiger charge is -2.14. The van der Waals surface area contributed by atoms with Gasteiger partial charge in [0, 0.05) is 0 Å². The van der Waals surface area contributed by atoms with Crippen LogP contribution in [0.25, 0.3) is 0 Å². The number of esters is 1. The highest BCUT2D eigenvalue weighted by atomic mass is 16.6.